The van der Waals surface area contributed by atoms with E-state index in [0.29, 0.717) is 34.2 Å². The van der Waals surface area contributed by atoms with E-state index in [9.17, 15) is 9.59 Å². The van der Waals surface area contributed by atoms with Gasteiger partial charge >= 0.3 is 0 Å². The average molecular weight is 428 g/mol. The molecule has 1 aliphatic heterocycles. The van der Waals surface area contributed by atoms with Gasteiger partial charge in [0.05, 0.1) is 34.1 Å². The van der Waals surface area contributed by atoms with Gasteiger partial charge in [-0.2, -0.15) is 0 Å². The normalized spacial score (nSPS) is 15.1. The molecule has 1 fully saturated rings. The van der Waals surface area contributed by atoms with Crippen molar-refractivity contribution in [1.82, 2.24) is 5.32 Å². The first-order valence-corrected chi connectivity index (χ1v) is 9.19. The third-order valence-electron chi connectivity index (χ3n) is 4.45. The fraction of sp³-hybridized carbons (Fsp3) is 0.190. The van der Waals surface area contributed by atoms with Crippen molar-refractivity contribution in [2.75, 3.05) is 33.3 Å². The van der Waals surface area contributed by atoms with Crippen molar-refractivity contribution in [2.24, 2.45) is 0 Å². The molecule has 1 heterocycles. The van der Waals surface area contributed by atoms with Crippen molar-refractivity contribution in [3.05, 3.63) is 47.5 Å². The molecule has 1 aliphatic rings. The van der Waals surface area contributed by atoms with Crippen LogP contribution in [-0.2, 0) is 9.59 Å². The number of thiocarbonyl (C=S) groups is 1. The Morgan fingerprint density at radius 3 is 2.20 bits per heavy atom. The highest BCUT2D eigenvalue weighted by Crippen LogP contribution is 2.36. The Labute approximate surface area is 179 Å². The summed E-state index contributed by atoms with van der Waals surface area (Å²) in [5.41, 5.74) is 0.818. The standard InChI is InChI=1S/C21H20N2O6S/c1-26-14-7-5-6-13(10-14)23-20(25)15(19(24)22-21(23)30)8-12-9-17(28-3)18(29-4)11-16(12)27-2/h5-11H,1-4H3,(H,22,24,30)/b15-8+. The quantitative estimate of drug-likeness (QED) is 0.430. The first kappa shape index (κ1) is 21.1. The highest BCUT2D eigenvalue weighted by atomic mass is 32.1. The first-order chi connectivity index (χ1) is 14.4. The lowest BCUT2D eigenvalue weighted by Crippen LogP contribution is -2.54. The van der Waals surface area contributed by atoms with Crippen LogP contribution in [0.25, 0.3) is 6.08 Å². The summed E-state index contributed by atoms with van der Waals surface area (Å²) in [6, 6.07) is 10.0. The van der Waals surface area contributed by atoms with Gasteiger partial charge in [-0.15, -0.1) is 0 Å². The molecule has 0 aromatic heterocycles. The van der Waals surface area contributed by atoms with E-state index in [2.05, 4.69) is 5.32 Å². The number of hydrogen-bond acceptors (Lipinski definition) is 7. The van der Waals surface area contributed by atoms with Gasteiger partial charge in [-0.25, -0.2) is 0 Å². The summed E-state index contributed by atoms with van der Waals surface area (Å²) in [5, 5.41) is 2.53. The van der Waals surface area contributed by atoms with Gasteiger partial charge in [-0.3, -0.25) is 19.8 Å². The maximum atomic E-state index is 13.2. The van der Waals surface area contributed by atoms with Crippen LogP contribution in [0.1, 0.15) is 5.56 Å². The number of nitrogens with zero attached hydrogens (tertiary/aromatic N) is 1. The predicted molar refractivity (Wildman–Crippen MR) is 115 cm³/mol. The molecule has 0 spiro atoms. The Balaban J connectivity index is 2.09. The molecular formula is C21H20N2O6S. The Hall–Kier alpha value is -3.59. The van der Waals surface area contributed by atoms with E-state index >= 15 is 0 Å². The number of carbonyl (C=O) groups is 2. The number of amides is 2. The largest absolute Gasteiger partial charge is 0.497 e. The molecule has 2 aromatic rings. The van der Waals surface area contributed by atoms with Crippen LogP contribution in [0.2, 0.25) is 0 Å². The zero-order valence-corrected chi connectivity index (χ0v) is 17.7. The summed E-state index contributed by atoms with van der Waals surface area (Å²) in [6.45, 7) is 0. The van der Waals surface area contributed by atoms with Gasteiger partial charge in [0, 0.05) is 17.7 Å². The number of hydrogen-bond donors (Lipinski definition) is 1. The predicted octanol–water partition coefficient (Wildman–Crippen LogP) is 2.55. The van der Waals surface area contributed by atoms with Crippen LogP contribution in [0.15, 0.2) is 42.0 Å². The minimum absolute atomic E-state index is 0.0188. The second-order valence-corrected chi connectivity index (χ2v) is 6.50. The second-order valence-electron chi connectivity index (χ2n) is 6.11. The maximum absolute atomic E-state index is 13.2. The van der Waals surface area contributed by atoms with Gasteiger partial charge in [-0.05, 0) is 36.5 Å². The minimum Gasteiger partial charge on any atom is -0.497 e. The van der Waals surface area contributed by atoms with Crippen molar-refractivity contribution in [3.63, 3.8) is 0 Å². The van der Waals surface area contributed by atoms with Crippen LogP contribution in [0.3, 0.4) is 0 Å². The van der Waals surface area contributed by atoms with Gasteiger partial charge < -0.3 is 18.9 Å². The number of methoxy groups -OCH3 is 4. The molecule has 0 saturated carbocycles. The summed E-state index contributed by atoms with van der Waals surface area (Å²) < 4.78 is 21.2. The SMILES string of the molecule is COc1cccc(N2C(=O)/C(=C/c3cc(OC)c(OC)cc3OC)C(=O)NC2=S)c1. The van der Waals surface area contributed by atoms with Gasteiger partial charge in [0.1, 0.15) is 17.1 Å². The van der Waals surface area contributed by atoms with E-state index in [0.717, 1.165) is 0 Å². The van der Waals surface area contributed by atoms with Crippen molar-refractivity contribution in [2.45, 2.75) is 0 Å². The summed E-state index contributed by atoms with van der Waals surface area (Å²) in [5.74, 6) is 0.646. The third-order valence-corrected chi connectivity index (χ3v) is 4.73. The van der Waals surface area contributed by atoms with Crippen LogP contribution in [0, 0.1) is 0 Å². The highest BCUT2D eigenvalue weighted by molar-refractivity contribution is 7.80. The fourth-order valence-corrected chi connectivity index (χ4v) is 3.24. The second kappa shape index (κ2) is 8.83. The van der Waals surface area contributed by atoms with E-state index < -0.39 is 11.8 Å². The lowest BCUT2D eigenvalue weighted by molar-refractivity contribution is -0.122. The van der Waals surface area contributed by atoms with E-state index in [1.54, 1.807) is 36.4 Å². The Morgan fingerprint density at radius 2 is 1.57 bits per heavy atom. The third kappa shape index (κ3) is 3.92. The van der Waals surface area contributed by atoms with Gasteiger partial charge in [0.2, 0.25) is 0 Å². The number of rotatable bonds is 6. The zero-order valence-electron chi connectivity index (χ0n) is 16.8. The Bertz CT molecular complexity index is 1050. The molecule has 2 amide bonds. The lowest BCUT2D eigenvalue weighted by atomic mass is 10.1. The molecule has 1 saturated heterocycles. The molecule has 156 valence electrons. The van der Waals surface area contributed by atoms with Crippen LogP contribution in [-0.4, -0.2) is 45.4 Å². The Kier molecular flexibility index (Phi) is 6.22. The van der Waals surface area contributed by atoms with Crippen molar-refractivity contribution < 1.29 is 28.5 Å². The van der Waals surface area contributed by atoms with Crippen molar-refractivity contribution in [3.8, 4) is 23.0 Å². The van der Waals surface area contributed by atoms with Crippen LogP contribution < -0.4 is 29.2 Å². The molecule has 0 radical (unpaired) electrons. The number of anilines is 1. The monoisotopic (exact) mass is 428 g/mol. The summed E-state index contributed by atoms with van der Waals surface area (Å²) >= 11 is 5.23. The molecule has 0 unspecified atom stereocenters. The van der Waals surface area contributed by atoms with Crippen molar-refractivity contribution >= 4 is 40.9 Å². The molecule has 1 N–H and O–H groups in total. The average Bonchev–Trinajstić information content (AvgIpc) is 2.76. The van der Waals surface area contributed by atoms with Gasteiger partial charge in [0.25, 0.3) is 11.8 Å². The van der Waals surface area contributed by atoms with Gasteiger partial charge in [0.15, 0.2) is 16.6 Å². The zero-order chi connectivity index (χ0) is 21.8. The summed E-state index contributed by atoms with van der Waals surface area (Å²) in [6.07, 6.45) is 1.42. The number of nitrogens with one attached hydrogen (secondary N) is 1. The van der Waals surface area contributed by atoms with Crippen molar-refractivity contribution in [1.29, 1.82) is 0 Å². The topological polar surface area (TPSA) is 86.3 Å². The molecule has 0 atom stereocenters. The smallest absolute Gasteiger partial charge is 0.270 e. The van der Waals surface area contributed by atoms with Crippen LogP contribution in [0.4, 0.5) is 5.69 Å². The molecule has 8 nitrogen and oxygen atoms in total. The highest BCUT2D eigenvalue weighted by Gasteiger charge is 2.35. The van der Waals surface area contributed by atoms with Crippen LogP contribution in [0.5, 0.6) is 23.0 Å². The maximum Gasteiger partial charge on any atom is 0.270 e. The molecular weight excluding hydrogens is 408 g/mol. The summed E-state index contributed by atoms with van der Waals surface area (Å²) in [4.78, 5) is 27.0. The number of benzene rings is 2. The van der Waals surface area contributed by atoms with E-state index in [-0.39, 0.29) is 10.7 Å². The molecule has 9 heteroatoms. The molecule has 2 aromatic carbocycles. The van der Waals surface area contributed by atoms with E-state index in [1.165, 1.54) is 39.4 Å². The Morgan fingerprint density at radius 1 is 0.900 bits per heavy atom. The fourth-order valence-electron chi connectivity index (χ4n) is 2.96. The minimum atomic E-state index is -0.610. The van der Waals surface area contributed by atoms with Gasteiger partial charge in [-0.1, -0.05) is 6.07 Å². The lowest BCUT2D eigenvalue weighted by Gasteiger charge is -2.29. The van der Waals surface area contributed by atoms with E-state index in [1.807, 2.05) is 0 Å². The molecule has 0 bridgehead atoms. The summed E-state index contributed by atoms with van der Waals surface area (Å²) in [7, 11) is 5.98. The molecule has 3 rings (SSSR count). The van der Waals surface area contributed by atoms with Crippen LogP contribution >= 0.6 is 12.2 Å². The molecule has 30 heavy (non-hydrogen) atoms. The number of ether oxygens (including phenoxy) is 4. The van der Waals surface area contributed by atoms with E-state index in [4.69, 9.17) is 31.2 Å². The number of carbonyl (C=O) groups excluding carboxylic acids is 2. The molecule has 0 aliphatic carbocycles. The first-order valence-electron chi connectivity index (χ1n) is 8.79.